The zero-order valence-corrected chi connectivity index (χ0v) is 12.2. The summed E-state index contributed by atoms with van der Waals surface area (Å²) < 4.78 is 11.1. The first kappa shape index (κ1) is 15.0. The number of ketones is 1. The van der Waals surface area contributed by atoms with E-state index in [1.807, 2.05) is 38.1 Å². The van der Waals surface area contributed by atoms with Gasteiger partial charge in [0.15, 0.2) is 5.78 Å². The van der Waals surface area contributed by atoms with Crippen LogP contribution >= 0.6 is 0 Å². The summed E-state index contributed by atoms with van der Waals surface area (Å²) in [7, 11) is 0. The van der Waals surface area contributed by atoms with Crippen LogP contribution in [0.1, 0.15) is 37.0 Å². The van der Waals surface area contributed by atoms with Crippen molar-refractivity contribution in [3.63, 3.8) is 0 Å². The fourth-order valence-electron chi connectivity index (χ4n) is 2.58. The zero-order chi connectivity index (χ0) is 14.6. The van der Waals surface area contributed by atoms with E-state index < -0.39 is 5.41 Å². The highest BCUT2D eigenvalue weighted by Gasteiger charge is 2.40. The van der Waals surface area contributed by atoms with Gasteiger partial charge in [-0.1, -0.05) is 12.1 Å². The second kappa shape index (κ2) is 6.37. The molecule has 0 amide bonds. The van der Waals surface area contributed by atoms with Crippen LogP contribution in [-0.2, 0) is 4.74 Å². The number of hydrogen-bond acceptors (Lipinski definition) is 4. The van der Waals surface area contributed by atoms with Crippen LogP contribution in [0.15, 0.2) is 24.3 Å². The summed E-state index contributed by atoms with van der Waals surface area (Å²) in [4.78, 5) is 12.9. The van der Waals surface area contributed by atoms with Gasteiger partial charge in [-0.25, -0.2) is 0 Å². The van der Waals surface area contributed by atoms with E-state index in [0.717, 1.165) is 0 Å². The number of Topliss-reactive ketones (excluding diaryl/α,β-unsaturated/α-hetero) is 1. The van der Waals surface area contributed by atoms with E-state index in [4.69, 9.17) is 15.2 Å². The number of nitrogens with two attached hydrogens (primary N) is 1. The molecule has 2 rings (SSSR count). The molecule has 0 unspecified atom stereocenters. The van der Waals surface area contributed by atoms with Crippen LogP contribution in [-0.4, -0.2) is 31.6 Å². The van der Waals surface area contributed by atoms with Crippen LogP contribution in [0.5, 0.6) is 5.75 Å². The maximum atomic E-state index is 12.9. The molecule has 1 saturated heterocycles. The number of carbonyl (C=O) groups excluding carboxylic acids is 1. The van der Waals surface area contributed by atoms with Gasteiger partial charge in [-0.05, 0) is 38.8 Å². The van der Waals surface area contributed by atoms with Crippen LogP contribution in [0.3, 0.4) is 0 Å². The van der Waals surface area contributed by atoms with E-state index in [1.54, 1.807) is 0 Å². The molecule has 1 heterocycles. The summed E-state index contributed by atoms with van der Waals surface area (Å²) in [5, 5.41) is 0. The molecule has 1 aromatic carbocycles. The standard InChI is InChI=1S/C16H23NO3/c1-12(2)20-14-6-4-3-5-13(14)15(18)16(11-17)7-9-19-10-8-16/h3-6,12H,7-11,17H2,1-2H3. The maximum Gasteiger partial charge on any atom is 0.174 e. The van der Waals surface area contributed by atoms with Crippen LogP contribution in [0.4, 0.5) is 0 Å². The minimum absolute atomic E-state index is 0.0347. The molecule has 4 nitrogen and oxygen atoms in total. The van der Waals surface area contributed by atoms with Crippen molar-refractivity contribution in [2.45, 2.75) is 32.8 Å². The van der Waals surface area contributed by atoms with Gasteiger partial charge in [-0.15, -0.1) is 0 Å². The Morgan fingerprint density at radius 2 is 2.00 bits per heavy atom. The van der Waals surface area contributed by atoms with Crippen molar-refractivity contribution in [3.8, 4) is 5.75 Å². The average molecular weight is 277 g/mol. The van der Waals surface area contributed by atoms with E-state index >= 15 is 0 Å². The Kier molecular flexibility index (Phi) is 4.78. The Morgan fingerprint density at radius 1 is 1.35 bits per heavy atom. The average Bonchev–Trinajstić information content (AvgIpc) is 2.47. The summed E-state index contributed by atoms with van der Waals surface area (Å²) in [5.74, 6) is 0.728. The molecule has 2 N–H and O–H groups in total. The number of para-hydroxylation sites is 1. The molecule has 20 heavy (non-hydrogen) atoms. The summed E-state index contributed by atoms with van der Waals surface area (Å²) in [6, 6.07) is 7.42. The van der Waals surface area contributed by atoms with Crippen molar-refractivity contribution in [3.05, 3.63) is 29.8 Å². The highest BCUT2D eigenvalue weighted by molar-refractivity contribution is 6.03. The van der Waals surface area contributed by atoms with Gasteiger partial charge in [0.1, 0.15) is 5.75 Å². The molecule has 1 fully saturated rings. The molecule has 4 heteroatoms. The Balaban J connectivity index is 2.32. The van der Waals surface area contributed by atoms with E-state index in [-0.39, 0.29) is 11.9 Å². The number of carbonyl (C=O) groups is 1. The van der Waals surface area contributed by atoms with E-state index in [0.29, 0.717) is 43.9 Å². The first-order valence-corrected chi connectivity index (χ1v) is 7.17. The van der Waals surface area contributed by atoms with E-state index in [9.17, 15) is 4.79 Å². The number of hydrogen-bond donors (Lipinski definition) is 1. The molecule has 110 valence electrons. The summed E-state index contributed by atoms with van der Waals surface area (Å²) in [5.41, 5.74) is 6.04. The summed E-state index contributed by atoms with van der Waals surface area (Å²) >= 11 is 0. The molecule has 0 bridgehead atoms. The smallest absolute Gasteiger partial charge is 0.174 e. The SMILES string of the molecule is CC(C)Oc1ccccc1C(=O)C1(CN)CCOCC1. The molecular formula is C16H23NO3. The van der Waals surface area contributed by atoms with Crippen molar-refractivity contribution in [2.24, 2.45) is 11.1 Å². The molecule has 0 aromatic heterocycles. The third-order valence-corrected chi connectivity index (χ3v) is 3.82. The molecule has 0 atom stereocenters. The lowest BCUT2D eigenvalue weighted by molar-refractivity contribution is 0.0198. The van der Waals surface area contributed by atoms with E-state index in [2.05, 4.69) is 0 Å². The van der Waals surface area contributed by atoms with Gasteiger partial charge >= 0.3 is 0 Å². The van der Waals surface area contributed by atoms with Gasteiger partial charge in [-0.3, -0.25) is 4.79 Å². The molecule has 1 aliphatic rings. The monoisotopic (exact) mass is 277 g/mol. The molecule has 0 aliphatic carbocycles. The Hall–Kier alpha value is -1.39. The largest absolute Gasteiger partial charge is 0.490 e. The third-order valence-electron chi connectivity index (χ3n) is 3.82. The van der Waals surface area contributed by atoms with Crippen molar-refractivity contribution in [1.29, 1.82) is 0 Å². The van der Waals surface area contributed by atoms with Crippen molar-refractivity contribution < 1.29 is 14.3 Å². The third kappa shape index (κ3) is 3.02. The number of rotatable bonds is 5. The lowest BCUT2D eigenvalue weighted by Gasteiger charge is -2.35. The summed E-state index contributed by atoms with van der Waals surface area (Å²) in [6.07, 6.45) is 1.39. The quantitative estimate of drug-likeness (QED) is 0.840. The fraction of sp³-hybridized carbons (Fsp3) is 0.562. The molecule has 1 aromatic rings. The van der Waals surface area contributed by atoms with Crippen LogP contribution < -0.4 is 10.5 Å². The van der Waals surface area contributed by atoms with Gasteiger partial charge in [-0.2, -0.15) is 0 Å². The molecule has 1 aliphatic heterocycles. The highest BCUT2D eigenvalue weighted by atomic mass is 16.5. The van der Waals surface area contributed by atoms with Gasteiger partial charge < -0.3 is 15.2 Å². The molecular weight excluding hydrogens is 254 g/mol. The first-order valence-electron chi connectivity index (χ1n) is 7.17. The normalized spacial score (nSPS) is 18.0. The lowest BCUT2D eigenvalue weighted by atomic mass is 9.74. The van der Waals surface area contributed by atoms with Crippen LogP contribution in [0.25, 0.3) is 0 Å². The van der Waals surface area contributed by atoms with Crippen molar-refractivity contribution >= 4 is 5.78 Å². The minimum atomic E-state index is -0.505. The summed E-state index contributed by atoms with van der Waals surface area (Å²) in [6.45, 7) is 5.44. The lowest BCUT2D eigenvalue weighted by Crippen LogP contribution is -2.43. The zero-order valence-electron chi connectivity index (χ0n) is 12.2. The Morgan fingerprint density at radius 3 is 2.60 bits per heavy atom. The van der Waals surface area contributed by atoms with Crippen LogP contribution in [0.2, 0.25) is 0 Å². The van der Waals surface area contributed by atoms with Crippen molar-refractivity contribution in [1.82, 2.24) is 0 Å². The second-order valence-corrected chi connectivity index (χ2v) is 5.59. The van der Waals surface area contributed by atoms with Gasteiger partial charge in [0, 0.05) is 19.8 Å². The fourth-order valence-corrected chi connectivity index (χ4v) is 2.58. The topological polar surface area (TPSA) is 61.5 Å². The molecule has 0 spiro atoms. The highest BCUT2D eigenvalue weighted by Crippen LogP contribution is 2.36. The number of benzene rings is 1. The molecule has 0 radical (unpaired) electrons. The predicted molar refractivity (Wildman–Crippen MR) is 78.1 cm³/mol. The first-order chi connectivity index (χ1) is 9.59. The molecule has 0 saturated carbocycles. The van der Waals surface area contributed by atoms with Crippen LogP contribution in [0, 0.1) is 5.41 Å². The number of ether oxygens (including phenoxy) is 2. The Labute approximate surface area is 120 Å². The van der Waals surface area contributed by atoms with Crippen molar-refractivity contribution in [2.75, 3.05) is 19.8 Å². The van der Waals surface area contributed by atoms with Gasteiger partial charge in [0.25, 0.3) is 0 Å². The Bertz CT molecular complexity index is 465. The van der Waals surface area contributed by atoms with E-state index in [1.165, 1.54) is 0 Å². The second-order valence-electron chi connectivity index (χ2n) is 5.59. The maximum absolute atomic E-state index is 12.9. The predicted octanol–water partition coefficient (Wildman–Crippen LogP) is 2.41. The minimum Gasteiger partial charge on any atom is -0.490 e. The van der Waals surface area contributed by atoms with Gasteiger partial charge in [0.2, 0.25) is 0 Å². The van der Waals surface area contributed by atoms with Gasteiger partial charge in [0.05, 0.1) is 17.1 Å².